The highest BCUT2D eigenvalue weighted by atomic mass is 32.1. The summed E-state index contributed by atoms with van der Waals surface area (Å²) >= 11 is 1.63. The molecule has 4 N–H and O–H groups in total. The zero-order valence-corrected chi connectivity index (χ0v) is 19.4. The van der Waals surface area contributed by atoms with Crippen LogP contribution in [0.2, 0.25) is 0 Å². The average molecular weight is 436 g/mol. The molecule has 7 unspecified atom stereocenters. The van der Waals surface area contributed by atoms with Gasteiger partial charge in [0.2, 0.25) is 5.91 Å². The van der Waals surface area contributed by atoms with E-state index in [1.807, 2.05) is 31.4 Å². The van der Waals surface area contributed by atoms with Crippen molar-refractivity contribution >= 4 is 23.3 Å². The summed E-state index contributed by atoms with van der Waals surface area (Å²) in [7, 11) is 0. The lowest BCUT2D eigenvalue weighted by Gasteiger charge is -2.56. The highest BCUT2D eigenvalue weighted by Gasteiger charge is 2.53. The third-order valence-electron chi connectivity index (χ3n) is 7.61. The molecule has 2 fully saturated rings. The Labute approximate surface area is 184 Å². The van der Waals surface area contributed by atoms with E-state index in [0.29, 0.717) is 13.1 Å². The smallest absolute Gasteiger partial charge is 0.315 e. The van der Waals surface area contributed by atoms with Crippen molar-refractivity contribution in [2.24, 2.45) is 29.1 Å². The van der Waals surface area contributed by atoms with Gasteiger partial charge in [-0.3, -0.25) is 4.79 Å². The van der Waals surface area contributed by atoms with Crippen LogP contribution in [0.4, 0.5) is 4.79 Å². The second kappa shape index (κ2) is 9.69. The summed E-state index contributed by atoms with van der Waals surface area (Å²) in [6, 6.07) is 3.91. The van der Waals surface area contributed by atoms with Crippen molar-refractivity contribution in [2.75, 3.05) is 6.54 Å². The van der Waals surface area contributed by atoms with Crippen LogP contribution in [0.5, 0.6) is 0 Å². The van der Waals surface area contributed by atoms with E-state index in [2.05, 4.69) is 29.8 Å². The number of urea groups is 1. The molecular formula is C23H37N3O3S. The van der Waals surface area contributed by atoms with Crippen molar-refractivity contribution in [1.29, 1.82) is 0 Å². The maximum atomic E-state index is 12.8. The number of carbonyl (C=O) groups is 2. The molecule has 1 aromatic rings. The minimum Gasteiger partial charge on any atom is -0.392 e. The van der Waals surface area contributed by atoms with Crippen molar-refractivity contribution < 1.29 is 14.7 Å². The Morgan fingerprint density at radius 3 is 2.70 bits per heavy atom. The van der Waals surface area contributed by atoms with Crippen molar-refractivity contribution in [3.63, 3.8) is 0 Å². The normalized spacial score (nSPS) is 34.5. The van der Waals surface area contributed by atoms with Crippen molar-refractivity contribution in [3.8, 4) is 0 Å². The Morgan fingerprint density at radius 2 is 2.03 bits per heavy atom. The monoisotopic (exact) mass is 435 g/mol. The van der Waals surface area contributed by atoms with E-state index >= 15 is 0 Å². The first kappa shape index (κ1) is 23.1. The van der Waals surface area contributed by atoms with Crippen LogP contribution >= 0.6 is 11.3 Å². The van der Waals surface area contributed by atoms with Gasteiger partial charge < -0.3 is 21.1 Å². The SMILES string of the molecule is CCNC(=O)NC1CCC2(C)CCC(C(C)C(=O)NCc3cccs3)C(O)C2C1C. The first-order valence-corrected chi connectivity index (χ1v) is 12.2. The molecule has 0 radical (unpaired) electrons. The second-order valence-corrected chi connectivity index (χ2v) is 10.5. The maximum absolute atomic E-state index is 12.8. The number of amides is 3. The summed E-state index contributed by atoms with van der Waals surface area (Å²) in [6.45, 7) is 9.40. The van der Waals surface area contributed by atoms with E-state index in [4.69, 9.17) is 0 Å². The fourth-order valence-electron chi connectivity index (χ4n) is 5.82. The van der Waals surface area contributed by atoms with Crippen LogP contribution in [0.1, 0.15) is 58.3 Å². The fourth-order valence-corrected chi connectivity index (χ4v) is 6.46. The van der Waals surface area contributed by atoms with Gasteiger partial charge >= 0.3 is 6.03 Å². The Kier molecular flexibility index (Phi) is 7.45. The number of aliphatic hydroxyl groups excluding tert-OH is 1. The number of hydrogen-bond donors (Lipinski definition) is 4. The Hall–Kier alpha value is -1.60. The molecule has 0 aromatic carbocycles. The van der Waals surface area contributed by atoms with Gasteiger partial charge in [-0.05, 0) is 67.2 Å². The molecule has 2 aliphatic rings. The molecule has 2 saturated carbocycles. The molecule has 7 heteroatoms. The molecule has 7 atom stereocenters. The molecule has 6 nitrogen and oxygen atoms in total. The van der Waals surface area contributed by atoms with Gasteiger partial charge in [0.25, 0.3) is 0 Å². The fraction of sp³-hybridized carbons (Fsp3) is 0.739. The van der Waals surface area contributed by atoms with Crippen LogP contribution < -0.4 is 16.0 Å². The first-order valence-electron chi connectivity index (χ1n) is 11.3. The summed E-state index contributed by atoms with van der Waals surface area (Å²) in [5, 5.41) is 22.4. The van der Waals surface area contributed by atoms with Crippen molar-refractivity contribution in [3.05, 3.63) is 22.4 Å². The number of hydrogen-bond acceptors (Lipinski definition) is 4. The molecule has 3 rings (SSSR count). The molecule has 1 aromatic heterocycles. The van der Waals surface area contributed by atoms with E-state index in [9.17, 15) is 14.7 Å². The van der Waals surface area contributed by atoms with E-state index in [-0.39, 0.29) is 47.1 Å². The van der Waals surface area contributed by atoms with Gasteiger partial charge in [0.1, 0.15) is 0 Å². The van der Waals surface area contributed by atoms with Crippen molar-refractivity contribution in [1.82, 2.24) is 16.0 Å². The third-order valence-corrected chi connectivity index (χ3v) is 8.49. The Morgan fingerprint density at radius 1 is 1.30 bits per heavy atom. The van der Waals surface area contributed by atoms with Crippen LogP contribution in [0.3, 0.4) is 0 Å². The van der Waals surface area contributed by atoms with Gasteiger partial charge in [-0.15, -0.1) is 11.3 Å². The lowest BCUT2D eigenvalue weighted by Crippen LogP contribution is -2.59. The topological polar surface area (TPSA) is 90.5 Å². The van der Waals surface area contributed by atoms with Crippen LogP contribution in [-0.4, -0.2) is 35.7 Å². The zero-order chi connectivity index (χ0) is 21.9. The van der Waals surface area contributed by atoms with Gasteiger partial charge in [-0.1, -0.05) is 26.8 Å². The molecule has 168 valence electrons. The molecule has 1 heterocycles. The van der Waals surface area contributed by atoms with Crippen LogP contribution in [0.15, 0.2) is 17.5 Å². The number of fused-ring (bicyclic) bond motifs is 1. The average Bonchev–Trinajstić information content (AvgIpc) is 3.22. The summed E-state index contributed by atoms with van der Waals surface area (Å²) in [5.74, 6) is -0.0583. The summed E-state index contributed by atoms with van der Waals surface area (Å²) in [6.07, 6.45) is 3.25. The number of nitrogens with one attached hydrogen (secondary N) is 3. The molecular weight excluding hydrogens is 398 g/mol. The minimum absolute atomic E-state index is 0.0107. The predicted octanol–water partition coefficient (Wildman–Crippen LogP) is 3.51. The van der Waals surface area contributed by atoms with E-state index < -0.39 is 6.10 Å². The number of carbonyl (C=O) groups excluding carboxylic acids is 2. The quantitative estimate of drug-likeness (QED) is 0.551. The van der Waals surface area contributed by atoms with Gasteiger partial charge in [0.05, 0.1) is 12.6 Å². The minimum atomic E-state index is -0.542. The van der Waals surface area contributed by atoms with Crippen LogP contribution in [0, 0.1) is 29.1 Å². The second-order valence-electron chi connectivity index (χ2n) is 9.47. The lowest BCUT2D eigenvalue weighted by molar-refractivity contribution is -0.142. The number of rotatable bonds is 6. The van der Waals surface area contributed by atoms with Crippen LogP contribution in [-0.2, 0) is 11.3 Å². The standard InChI is InChI=1S/C23H37N3O3S/c1-5-24-22(29)26-18-9-11-23(4)10-8-17(20(27)19(23)15(18)3)14(2)21(28)25-13-16-7-6-12-30-16/h6-7,12,14-15,17-20,27H,5,8-11,13H2,1-4H3,(H,25,28)(H2,24,26,29). The largest absolute Gasteiger partial charge is 0.392 e. The van der Waals surface area contributed by atoms with E-state index in [0.717, 1.165) is 30.6 Å². The molecule has 0 aliphatic heterocycles. The Balaban J connectivity index is 1.66. The lowest BCUT2D eigenvalue weighted by atomic mass is 9.52. The molecule has 0 spiro atoms. The number of aliphatic hydroxyl groups is 1. The van der Waals surface area contributed by atoms with Gasteiger partial charge in [-0.25, -0.2) is 4.79 Å². The maximum Gasteiger partial charge on any atom is 0.315 e. The molecule has 0 bridgehead atoms. The molecule has 0 saturated heterocycles. The van der Waals surface area contributed by atoms with Gasteiger partial charge in [0.15, 0.2) is 0 Å². The third kappa shape index (κ3) is 4.83. The van der Waals surface area contributed by atoms with Gasteiger partial charge in [-0.2, -0.15) is 0 Å². The number of thiophene rings is 1. The summed E-state index contributed by atoms with van der Waals surface area (Å²) in [5.41, 5.74) is 0.0575. The Bertz CT molecular complexity index is 725. The van der Waals surface area contributed by atoms with E-state index in [1.54, 1.807) is 11.3 Å². The molecule has 30 heavy (non-hydrogen) atoms. The van der Waals surface area contributed by atoms with Gasteiger partial charge in [0, 0.05) is 23.4 Å². The zero-order valence-electron chi connectivity index (χ0n) is 18.6. The summed E-state index contributed by atoms with van der Waals surface area (Å²) in [4.78, 5) is 26.0. The van der Waals surface area contributed by atoms with Crippen LogP contribution in [0.25, 0.3) is 0 Å². The van der Waals surface area contributed by atoms with Crippen molar-refractivity contribution in [2.45, 2.75) is 72.1 Å². The molecule has 2 aliphatic carbocycles. The predicted molar refractivity (Wildman–Crippen MR) is 120 cm³/mol. The first-order chi connectivity index (χ1) is 14.3. The highest BCUT2D eigenvalue weighted by Crippen LogP contribution is 2.55. The molecule has 3 amide bonds. The van der Waals surface area contributed by atoms with E-state index in [1.165, 1.54) is 0 Å². The highest BCUT2D eigenvalue weighted by molar-refractivity contribution is 7.09. The summed E-state index contributed by atoms with van der Waals surface area (Å²) < 4.78 is 0.